The van der Waals surface area contributed by atoms with E-state index in [9.17, 15) is 17.6 Å². The Hall–Kier alpha value is -1.47. The van der Waals surface area contributed by atoms with Crippen molar-refractivity contribution >= 4 is 15.9 Å². The van der Waals surface area contributed by atoms with Gasteiger partial charge in [-0.2, -0.15) is 0 Å². The van der Waals surface area contributed by atoms with Gasteiger partial charge in [0.05, 0.1) is 6.26 Å². The number of carbonyl (C=O) groups is 1. The van der Waals surface area contributed by atoms with E-state index in [0.29, 0.717) is 5.56 Å². The first-order valence-corrected chi connectivity index (χ1v) is 7.22. The summed E-state index contributed by atoms with van der Waals surface area (Å²) in [4.78, 5) is 11.3. The molecule has 0 heterocycles. The number of carbonyl (C=O) groups excluding carboxylic acids is 1. The van der Waals surface area contributed by atoms with Crippen LogP contribution < -0.4 is 10.0 Å². The van der Waals surface area contributed by atoms with Gasteiger partial charge in [-0.1, -0.05) is 18.2 Å². The topological polar surface area (TPSA) is 75.3 Å². The largest absolute Gasteiger partial charge is 0.352 e. The molecule has 1 aromatic carbocycles. The molecule has 0 saturated heterocycles. The van der Waals surface area contributed by atoms with Gasteiger partial charge in [0, 0.05) is 25.1 Å². The number of sulfonamides is 1. The molecule has 0 unspecified atom stereocenters. The molecule has 0 spiro atoms. The van der Waals surface area contributed by atoms with Crippen LogP contribution in [0, 0.1) is 5.82 Å². The maximum atomic E-state index is 13.2. The van der Waals surface area contributed by atoms with E-state index in [2.05, 4.69) is 10.0 Å². The SMILES string of the molecule is CS(=O)(=O)NCCC(=O)NCc1ccccc1F. The Bertz CT molecular complexity index is 517. The van der Waals surface area contributed by atoms with Gasteiger partial charge in [-0.3, -0.25) is 4.79 Å². The Morgan fingerprint density at radius 3 is 2.61 bits per heavy atom. The van der Waals surface area contributed by atoms with Gasteiger partial charge in [-0.25, -0.2) is 17.5 Å². The van der Waals surface area contributed by atoms with Gasteiger partial charge in [-0.15, -0.1) is 0 Å². The Morgan fingerprint density at radius 1 is 1.33 bits per heavy atom. The molecule has 100 valence electrons. The summed E-state index contributed by atoms with van der Waals surface area (Å²) < 4.78 is 36.9. The number of rotatable bonds is 6. The van der Waals surface area contributed by atoms with E-state index < -0.39 is 10.0 Å². The van der Waals surface area contributed by atoms with E-state index in [1.165, 1.54) is 6.07 Å². The summed E-state index contributed by atoms with van der Waals surface area (Å²) in [6, 6.07) is 6.13. The van der Waals surface area contributed by atoms with Crippen molar-refractivity contribution in [3.8, 4) is 0 Å². The van der Waals surface area contributed by atoms with Gasteiger partial charge >= 0.3 is 0 Å². The summed E-state index contributed by atoms with van der Waals surface area (Å²) in [5.74, 6) is -0.721. The number of halogens is 1. The molecule has 2 N–H and O–H groups in total. The molecule has 7 heteroatoms. The lowest BCUT2D eigenvalue weighted by Gasteiger charge is -2.06. The van der Waals surface area contributed by atoms with Crippen LogP contribution in [0.4, 0.5) is 4.39 Å². The van der Waals surface area contributed by atoms with Crippen LogP contribution in [-0.2, 0) is 21.4 Å². The first-order chi connectivity index (χ1) is 8.38. The van der Waals surface area contributed by atoms with Gasteiger partial charge in [0.15, 0.2) is 0 Å². The second-order valence-corrected chi connectivity index (χ2v) is 5.62. The minimum Gasteiger partial charge on any atom is -0.352 e. The number of hydrogen-bond donors (Lipinski definition) is 2. The maximum absolute atomic E-state index is 13.2. The Morgan fingerprint density at radius 2 is 2.00 bits per heavy atom. The number of amides is 1. The van der Waals surface area contributed by atoms with Crippen molar-refractivity contribution in [2.75, 3.05) is 12.8 Å². The zero-order valence-corrected chi connectivity index (χ0v) is 10.8. The standard InChI is InChI=1S/C11H15FN2O3S/c1-18(16,17)14-7-6-11(15)13-8-9-4-2-3-5-10(9)12/h2-5,14H,6-8H2,1H3,(H,13,15). The predicted molar refractivity (Wildman–Crippen MR) is 65.7 cm³/mol. The van der Waals surface area contributed by atoms with Crippen molar-refractivity contribution in [3.05, 3.63) is 35.6 Å². The molecule has 0 aromatic heterocycles. The Balaban J connectivity index is 2.32. The fraction of sp³-hybridized carbons (Fsp3) is 0.364. The number of benzene rings is 1. The van der Waals surface area contributed by atoms with Gasteiger partial charge in [0.1, 0.15) is 5.82 Å². The lowest BCUT2D eigenvalue weighted by molar-refractivity contribution is -0.121. The second-order valence-electron chi connectivity index (χ2n) is 3.78. The molecule has 0 atom stereocenters. The highest BCUT2D eigenvalue weighted by atomic mass is 32.2. The monoisotopic (exact) mass is 274 g/mol. The third-order valence-corrected chi connectivity index (χ3v) is 2.88. The van der Waals surface area contributed by atoms with Crippen LogP contribution in [0.2, 0.25) is 0 Å². The van der Waals surface area contributed by atoms with Crippen LogP contribution >= 0.6 is 0 Å². The molecular weight excluding hydrogens is 259 g/mol. The molecule has 0 aliphatic rings. The maximum Gasteiger partial charge on any atom is 0.221 e. The molecular formula is C11H15FN2O3S. The van der Waals surface area contributed by atoms with Crippen molar-refractivity contribution in [1.29, 1.82) is 0 Å². The van der Waals surface area contributed by atoms with Gasteiger partial charge in [0.2, 0.25) is 15.9 Å². The van der Waals surface area contributed by atoms with Crippen molar-refractivity contribution in [2.45, 2.75) is 13.0 Å². The first-order valence-electron chi connectivity index (χ1n) is 5.33. The Kier molecular flexibility index (Phi) is 5.24. The van der Waals surface area contributed by atoms with Crippen molar-refractivity contribution in [1.82, 2.24) is 10.0 Å². The van der Waals surface area contributed by atoms with Crippen LogP contribution in [0.15, 0.2) is 24.3 Å². The van der Waals surface area contributed by atoms with Crippen molar-refractivity contribution < 1.29 is 17.6 Å². The highest BCUT2D eigenvalue weighted by Gasteiger charge is 2.06. The molecule has 0 saturated carbocycles. The average molecular weight is 274 g/mol. The summed E-state index contributed by atoms with van der Waals surface area (Å²) in [5.41, 5.74) is 0.391. The van der Waals surface area contributed by atoms with Crippen LogP contribution in [0.1, 0.15) is 12.0 Å². The zero-order valence-electron chi connectivity index (χ0n) is 9.94. The molecule has 5 nitrogen and oxygen atoms in total. The van der Waals surface area contributed by atoms with Crippen LogP contribution in [0.25, 0.3) is 0 Å². The summed E-state index contributed by atoms with van der Waals surface area (Å²) in [5, 5.41) is 2.51. The smallest absolute Gasteiger partial charge is 0.221 e. The van der Waals surface area contributed by atoms with Crippen molar-refractivity contribution in [3.63, 3.8) is 0 Å². The number of nitrogens with one attached hydrogen (secondary N) is 2. The molecule has 1 amide bonds. The minimum absolute atomic E-state index is 0.0154. The summed E-state index contributed by atoms with van der Waals surface area (Å²) in [6.45, 7) is 0.117. The van der Waals surface area contributed by atoms with E-state index >= 15 is 0 Å². The zero-order chi connectivity index (χ0) is 13.6. The normalized spacial score (nSPS) is 11.2. The molecule has 0 aliphatic heterocycles. The predicted octanol–water partition coefficient (Wildman–Crippen LogP) is 0.381. The lowest BCUT2D eigenvalue weighted by Crippen LogP contribution is -2.30. The fourth-order valence-corrected chi connectivity index (χ4v) is 1.75. The summed E-state index contributed by atoms with van der Waals surface area (Å²) >= 11 is 0. The summed E-state index contributed by atoms with van der Waals surface area (Å²) in [6.07, 6.45) is 1.03. The van der Waals surface area contributed by atoms with E-state index in [0.717, 1.165) is 6.26 Å². The quantitative estimate of drug-likeness (QED) is 0.787. The fourth-order valence-electron chi connectivity index (χ4n) is 1.27. The molecule has 0 fully saturated rings. The highest BCUT2D eigenvalue weighted by molar-refractivity contribution is 7.88. The van der Waals surface area contributed by atoms with E-state index in [1.807, 2.05) is 0 Å². The minimum atomic E-state index is -3.28. The van der Waals surface area contributed by atoms with Crippen LogP contribution in [-0.4, -0.2) is 27.1 Å². The van der Waals surface area contributed by atoms with Gasteiger partial charge in [0.25, 0.3) is 0 Å². The van der Waals surface area contributed by atoms with Crippen molar-refractivity contribution in [2.24, 2.45) is 0 Å². The molecule has 1 aromatic rings. The van der Waals surface area contributed by atoms with Gasteiger partial charge < -0.3 is 5.32 Å². The average Bonchev–Trinajstić information content (AvgIpc) is 2.26. The molecule has 0 bridgehead atoms. The second kappa shape index (κ2) is 6.46. The first kappa shape index (κ1) is 14.6. The molecule has 18 heavy (non-hydrogen) atoms. The third-order valence-electron chi connectivity index (χ3n) is 2.15. The third kappa shape index (κ3) is 5.74. The molecule has 0 radical (unpaired) electrons. The van der Waals surface area contributed by atoms with Gasteiger partial charge in [-0.05, 0) is 6.07 Å². The lowest BCUT2D eigenvalue weighted by atomic mass is 10.2. The number of hydrogen-bond acceptors (Lipinski definition) is 3. The van der Waals surface area contributed by atoms with E-state index in [4.69, 9.17) is 0 Å². The highest BCUT2D eigenvalue weighted by Crippen LogP contribution is 2.05. The molecule has 1 rings (SSSR count). The summed E-state index contributed by atoms with van der Waals surface area (Å²) in [7, 11) is -3.28. The molecule has 0 aliphatic carbocycles. The van der Waals surface area contributed by atoms with E-state index in [1.54, 1.807) is 18.2 Å². The Labute approximate surface area is 105 Å². The van der Waals surface area contributed by atoms with Crippen LogP contribution in [0.3, 0.4) is 0 Å². The van der Waals surface area contributed by atoms with E-state index in [-0.39, 0.29) is 31.2 Å². The van der Waals surface area contributed by atoms with Crippen LogP contribution in [0.5, 0.6) is 0 Å².